The standard InChI is InChI=1S/C18H24N6O3/c1-18(2,3)27-17(26)23(5)12-7-6-8-13(9-12)24(11-25)16-14(20-4)15(19)21-10-22-16/h6-11,20H,1-5H3,(H2,19,21,22). The molecule has 0 unspecified atom stereocenters. The van der Waals surface area contributed by atoms with Gasteiger partial charge in [0.05, 0.1) is 5.69 Å². The minimum absolute atomic E-state index is 0.219. The summed E-state index contributed by atoms with van der Waals surface area (Å²) < 4.78 is 5.37. The van der Waals surface area contributed by atoms with Crippen LogP contribution in [0, 0.1) is 0 Å². The maximum absolute atomic E-state index is 12.3. The number of benzene rings is 1. The number of nitrogens with one attached hydrogen (secondary N) is 1. The minimum Gasteiger partial charge on any atom is -0.443 e. The van der Waals surface area contributed by atoms with Crippen LogP contribution < -0.4 is 20.9 Å². The highest BCUT2D eigenvalue weighted by Gasteiger charge is 2.22. The lowest BCUT2D eigenvalue weighted by Gasteiger charge is -2.26. The molecule has 0 aliphatic rings. The van der Waals surface area contributed by atoms with Crippen LogP contribution in [-0.4, -0.2) is 42.2 Å². The average molecular weight is 372 g/mol. The van der Waals surface area contributed by atoms with E-state index in [1.54, 1.807) is 59.1 Å². The third-order valence-corrected chi connectivity index (χ3v) is 3.60. The van der Waals surface area contributed by atoms with Gasteiger partial charge in [-0.25, -0.2) is 14.8 Å². The van der Waals surface area contributed by atoms with E-state index in [9.17, 15) is 9.59 Å². The van der Waals surface area contributed by atoms with Crippen LogP contribution in [0.15, 0.2) is 30.6 Å². The van der Waals surface area contributed by atoms with Gasteiger partial charge in [-0.3, -0.25) is 14.6 Å². The Hall–Kier alpha value is -3.36. The van der Waals surface area contributed by atoms with Crippen LogP contribution in [0.1, 0.15) is 20.8 Å². The molecule has 0 fully saturated rings. The average Bonchev–Trinajstić information content (AvgIpc) is 2.61. The van der Waals surface area contributed by atoms with Gasteiger partial charge in [-0.2, -0.15) is 0 Å². The van der Waals surface area contributed by atoms with E-state index in [0.717, 1.165) is 0 Å². The number of carbonyl (C=O) groups is 2. The van der Waals surface area contributed by atoms with Gasteiger partial charge in [0.25, 0.3) is 0 Å². The van der Waals surface area contributed by atoms with E-state index in [2.05, 4.69) is 15.3 Å². The Labute approximate surface area is 158 Å². The fraction of sp³-hybridized carbons (Fsp3) is 0.333. The van der Waals surface area contributed by atoms with Gasteiger partial charge in [0.1, 0.15) is 17.6 Å². The van der Waals surface area contributed by atoms with Crippen LogP contribution in [0.3, 0.4) is 0 Å². The van der Waals surface area contributed by atoms with Gasteiger partial charge in [-0.15, -0.1) is 0 Å². The number of hydrogen-bond acceptors (Lipinski definition) is 7. The zero-order chi connectivity index (χ0) is 20.2. The number of anilines is 5. The highest BCUT2D eigenvalue weighted by Crippen LogP contribution is 2.33. The molecule has 0 radical (unpaired) electrons. The number of aromatic nitrogens is 2. The predicted octanol–water partition coefficient (Wildman–Crippen LogP) is 2.77. The van der Waals surface area contributed by atoms with Crippen LogP contribution in [0.4, 0.5) is 33.5 Å². The number of nitrogens with zero attached hydrogens (tertiary/aromatic N) is 4. The van der Waals surface area contributed by atoms with E-state index in [1.165, 1.54) is 16.1 Å². The van der Waals surface area contributed by atoms with Gasteiger partial charge < -0.3 is 15.8 Å². The number of ether oxygens (including phenoxy) is 1. The second-order valence-electron chi connectivity index (χ2n) is 6.74. The molecule has 1 aromatic carbocycles. The molecule has 0 bridgehead atoms. The summed E-state index contributed by atoms with van der Waals surface area (Å²) in [5, 5.41) is 2.89. The van der Waals surface area contributed by atoms with Crippen molar-refractivity contribution in [3.05, 3.63) is 30.6 Å². The van der Waals surface area contributed by atoms with Gasteiger partial charge in [-0.1, -0.05) is 6.07 Å². The van der Waals surface area contributed by atoms with E-state index in [0.29, 0.717) is 29.3 Å². The topological polar surface area (TPSA) is 114 Å². The normalized spacial score (nSPS) is 10.9. The van der Waals surface area contributed by atoms with Crippen LogP contribution in [-0.2, 0) is 9.53 Å². The molecule has 2 aromatic rings. The van der Waals surface area contributed by atoms with E-state index in [1.807, 2.05) is 0 Å². The second-order valence-corrected chi connectivity index (χ2v) is 6.74. The summed E-state index contributed by atoms with van der Waals surface area (Å²) in [6.45, 7) is 5.38. The van der Waals surface area contributed by atoms with E-state index in [-0.39, 0.29) is 5.82 Å². The molecule has 0 spiro atoms. The third-order valence-electron chi connectivity index (χ3n) is 3.60. The number of amides is 2. The van der Waals surface area contributed by atoms with Crippen molar-refractivity contribution < 1.29 is 14.3 Å². The van der Waals surface area contributed by atoms with E-state index in [4.69, 9.17) is 10.5 Å². The van der Waals surface area contributed by atoms with Gasteiger partial charge in [0, 0.05) is 19.8 Å². The summed E-state index contributed by atoms with van der Waals surface area (Å²) in [7, 11) is 3.26. The summed E-state index contributed by atoms with van der Waals surface area (Å²) in [4.78, 5) is 34.8. The molecule has 9 heteroatoms. The van der Waals surface area contributed by atoms with Crippen molar-refractivity contribution in [1.82, 2.24) is 9.97 Å². The number of hydrogen-bond donors (Lipinski definition) is 2. The molecule has 9 nitrogen and oxygen atoms in total. The smallest absolute Gasteiger partial charge is 0.414 e. The van der Waals surface area contributed by atoms with Crippen LogP contribution in [0.25, 0.3) is 0 Å². The molecule has 1 aromatic heterocycles. The molecule has 2 amide bonds. The Morgan fingerprint density at radius 1 is 1.26 bits per heavy atom. The number of nitrogens with two attached hydrogens (primary N) is 1. The van der Waals surface area contributed by atoms with Crippen LogP contribution in [0.2, 0.25) is 0 Å². The van der Waals surface area contributed by atoms with E-state index < -0.39 is 11.7 Å². The Bertz CT molecular complexity index is 834. The fourth-order valence-corrected chi connectivity index (χ4v) is 2.33. The highest BCUT2D eigenvalue weighted by atomic mass is 16.6. The summed E-state index contributed by atoms with van der Waals surface area (Å²) >= 11 is 0. The number of carbonyl (C=O) groups excluding carboxylic acids is 2. The van der Waals surface area contributed by atoms with Gasteiger partial charge in [0.2, 0.25) is 6.41 Å². The van der Waals surface area contributed by atoms with E-state index >= 15 is 0 Å². The molecule has 2 rings (SSSR count). The number of nitrogen functional groups attached to an aromatic ring is 1. The predicted molar refractivity (Wildman–Crippen MR) is 105 cm³/mol. The minimum atomic E-state index is -0.613. The molecule has 0 saturated carbocycles. The van der Waals surface area contributed by atoms with Crippen molar-refractivity contribution in [2.24, 2.45) is 0 Å². The molecule has 0 saturated heterocycles. The maximum atomic E-state index is 12.3. The van der Waals surface area contributed by atoms with Crippen molar-refractivity contribution in [2.45, 2.75) is 26.4 Å². The molecule has 0 aliphatic carbocycles. The summed E-state index contributed by atoms with van der Waals surface area (Å²) in [6, 6.07) is 6.87. The Kier molecular flexibility index (Phi) is 5.84. The monoisotopic (exact) mass is 372 g/mol. The Morgan fingerprint density at radius 2 is 1.93 bits per heavy atom. The van der Waals surface area contributed by atoms with Crippen LogP contribution in [0.5, 0.6) is 0 Å². The first-order valence-corrected chi connectivity index (χ1v) is 8.27. The lowest BCUT2D eigenvalue weighted by molar-refractivity contribution is -0.106. The molecule has 144 valence electrons. The largest absolute Gasteiger partial charge is 0.443 e. The summed E-state index contributed by atoms with van der Waals surface area (Å²) in [5.41, 5.74) is 6.73. The van der Waals surface area contributed by atoms with Crippen molar-refractivity contribution in [3.8, 4) is 0 Å². The molecule has 0 atom stereocenters. The fourth-order valence-electron chi connectivity index (χ4n) is 2.33. The summed E-state index contributed by atoms with van der Waals surface area (Å²) in [6.07, 6.45) is 1.40. The molecule has 3 N–H and O–H groups in total. The lowest BCUT2D eigenvalue weighted by Crippen LogP contribution is -2.34. The maximum Gasteiger partial charge on any atom is 0.414 e. The van der Waals surface area contributed by atoms with Crippen molar-refractivity contribution in [2.75, 3.05) is 34.9 Å². The molecule has 0 aliphatic heterocycles. The van der Waals surface area contributed by atoms with Gasteiger partial charge >= 0.3 is 6.09 Å². The van der Waals surface area contributed by atoms with Crippen molar-refractivity contribution in [1.29, 1.82) is 0 Å². The van der Waals surface area contributed by atoms with Crippen molar-refractivity contribution >= 4 is 41.2 Å². The van der Waals surface area contributed by atoms with Gasteiger partial charge in [-0.05, 0) is 39.0 Å². The zero-order valence-electron chi connectivity index (χ0n) is 16.1. The first kappa shape index (κ1) is 20.0. The number of rotatable bonds is 5. The SMILES string of the molecule is CNc1c(N)ncnc1N(C=O)c1cccc(N(C)C(=O)OC(C)(C)C)c1. The molecular weight excluding hydrogens is 348 g/mol. The quantitative estimate of drug-likeness (QED) is 0.776. The highest BCUT2D eigenvalue weighted by molar-refractivity contribution is 5.94. The Morgan fingerprint density at radius 3 is 2.52 bits per heavy atom. The molecule has 1 heterocycles. The second kappa shape index (κ2) is 7.90. The first-order chi connectivity index (χ1) is 12.7. The molecular formula is C18H24N6O3. The summed E-state index contributed by atoms with van der Waals surface area (Å²) in [5.74, 6) is 0.522. The molecule has 27 heavy (non-hydrogen) atoms. The van der Waals surface area contributed by atoms with Crippen molar-refractivity contribution in [3.63, 3.8) is 0 Å². The van der Waals surface area contributed by atoms with Gasteiger partial charge in [0.15, 0.2) is 11.6 Å². The van der Waals surface area contributed by atoms with Crippen LogP contribution >= 0.6 is 0 Å². The zero-order valence-corrected chi connectivity index (χ0v) is 16.1. The Balaban J connectivity index is 2.39. The first-order valence-electron chi connectivity index (χ1n) is 8.27. The lowest BCUT2D eigenvalue weighted by atomic mass is 10.2. The third kappa shape index (κ3) is 4.63.